The molecule has 3 rings (SSSR count). The molecule has 0 aliphatic rings. The van der Waals surface area contributed by atoms with Gasteiger partial charge < -0.3 is 10.1 Å². The molecule has 8 heteroatoms. The summed E-state index contributed by atoms with van der Waals surface area (Å²) in [5.41, 5.74) is 0.734. The summed E-state index contributed by atoms with van der Waals surface area (Å²) in [7, 11) is 0. The Labute approximate surface area is 171 Å². The predicted octanol–water partition coefficient (Wildman–Crippen LogP) is 4.28. The highest BCUT2D eigenvalue weighted by molar-refractivity contribution is 6.42. The molecule has 142 valence electrons. The highest BCUT2D eigenvalue weighted by Gasteiger charge is 2.19. The number of ether oxygens (including phenoxy) is 1. The van der Waals surface area contributed by atoms with E-state index in [1.807, 2.05) is 0 Å². The molecule has 0 saturated heterocycles. The van der Waals surface area contributed by atoms with Gasteiger partial charge in [-0.15, -0.1) is 0 Å². The van der Waals surface area contributed by atoms with Crippen LogP contribution in [0.2, 0.25) is 10.0 Å². The van der Waals surface area contributed by atoms with Crippen LogP contribution in [0.5, 0.6) is 0 Å². The number of carbonyl (C=O) groups excluding carboxylic acids is 2. The molecule has 1 heterocycles. The highest BCUT2D eigenvalue weighted by atomic mass is 35.5. The second-order valence-corrected chi connectivity index (χ2v) is 6.45. The van der Waals surface area contributed by atoms with Crippen molar-refractivity contribution in [1.29, 1.82) is 0 Å². The normalized spacial score (nSPS) is 10.4. The van der Waals surface area contributed by atoms with Crippen molar-refractivity contribution in [1.82, 2.24) is 9.97 Å². The number of nitrogens with zero attached hydrogens (tertiary/aromatic N) is 2. The largest absolute Gasteiger partial charge is 0.460 e. The Bertz CT molecular complexity index is 997. The van der Waals surface area contributed by atoms with Gasteiger partial charge in [0.1, 0.15) is 6.61 Å². The summed E-state index contributed by atoms with van der Waals surface area (Å²) >= 11 is 11.9. The van der Waals surface area contributed by atoms with Crippen molar-refractivity contribution in [3.05, 3.63) is 87.7 Å². The molecule has 0 unspecified atom stereocenters. The van der Waals surface area contributed by atoms with Crippen LogP contribution in [0.1, 0.15) is 26.3 Å². The third-order valence-electron chi connectivity index (χ3n) is 3.76. The quantitative estimate of drug-likeness (QED) is 0.352. The first-order valence-electron chi connectivity index (χ1n) is 8.33. The molecule has 28 heavy (non-hydrogen) atoms. The number of benzene rings is 2. The summed E-state index contributed by atoms with van der Waals surface area (Å²) < 4.78 is 5.26. The fraction of sp³-hybridized carbons (Fsp3) is 0.100. The van der Waals surface area contributed by atoms with Gasteiger partial charge in [0, 0.05) is 23.5 Å². The number of halogens is 2. The molecule has 2 aromatic carbocycles. The van der Waals surface area contributed by atoms with Crippen molar-refractivity contribution in [2.45, 2.75) is 0 Å². The molecular formula is C20H15Cl2N3O3. The molecule has 0 fully saturated rings. The summed E-state index contributed by atoms with van der Waals surface area (Å²) in [4.78, 5) is 33.3. The van der Waals surface area contributed by atoms with E-state index in [1.54, 1.807) is 48.8 Å². The van der Waals surface area contributed by atoms with Crippen LogP contribution in [0.4, 0.5) is 5.95 Å². The number of carbonyl (C=O) groups is 2. The summed E-state index contributed by atoms with van der Waals surface area (Å²) in [6.45, 7) is 0.422. The van der Waals surface area contributed by atoms with Crippen molar-refractivity contribution >= 4 is 40.9 Å². The van der Waals surface area contributed by atoms with Crippen LogP contribution < -0.4 is 5.32 Å². The molecular weight excluding hydrogens is 401 g/mol. The fourth-order valence-corrected chi connectivity index (χ4v) is 2.72. The zero-order valence-electron chi connectivity index (χ0n) is 14.6. The zero-order valence-corrected chi connectivity index (χ0v) is 16.1. The van der Waals surface area contributed by atoms with Crippen molar-refractivity contribution in [3.8, 4) is 0 Å². The van der Waals surface area contributed by atoms with Gasteiger partial charge in [0.05, 0.1) is 22.2 Å². The number of hydrogen-bond donors (Lipinski definition) is 1. The van der Waals surface area contributed by atoms with Crippen molar-refractivity contribution in [2.24, 2.45) is 0 Å². The van der Waals surface area contributed by atoms with E-state index in [4.69, 9.17) is 27.9 Å². The van der Waals surface area contributed by atoms with Gasteiger partial charge in [-0.25, -0.2) is 14.8 Å². The zero-order chi connectivity index (χ0) is 19.9. The number of ketones is 1. The minimum Gasteiger partial charge on any atom is -0.460 e. The molecule has 0 saturated carbocycles. The number of aromatic nitrogens is 2. The number of nitrogens with one attached hydrogen (secondary N) is 1. The molecule has 0 radical (unpaired) electrons. The molecule has 0 atom stereocenters. The van der Waals surface area contributed by atoms with Gasteiger partial charge in [0.25, 0.3) is 0 Å². The maximum Gasteiger partial charge on any atom is 0.338 e. The lowest BCUT2D eigenvalue weighted by molar-refractivity contribution is 0.0517. The van der Waals surface area contributed by atoms with Crippen LogP contribution in [0.25, 0.3) is 0 Å². The first-order valence-corrected chi connectivity index (χ1v) is 9.08. The van der Waals surface area contributed by atoms with Crippen LogP contribution in [-0.4, -0.2) is 34.9 Å². The average molecular weight is 416 g/mol. The maximum absolute atomic E-state index is 12.8. The fourth-order valence-electron chi connectivity index (χ4n) is 2.43. The van der Waals surface area contributed by atoms with E-state index in [0.29, 0.717) is 23.1 Å². The Morgan fingerprint density at radius 1 is 0.929 bits per heavy atom. The van der Waals surface area contributed by atoms with Gasteiger partial charge in [0.15, 0.2) is 5.78 Å². The van der Waals surface area contributed by atoms with Gasteiger partial charge in [0.2, 0.25) is 5.95 Å². The molecule has 1 aromatic heterocycles. The number of anilines is 1. The van der Waals surface area contributed by atoms with Gasteiger partial charge in [-0.3, -0.25) is 4.79 Å². The number of rotatable bonds is 7. The van der Waals surface area contributed by atoms with Crippen LogP contribution in [-0.2, 0) is 4.74 Å². The molecule has 1 N–H and O–H groups in total. The summed E-state index contributed by atoms with van der Waals surface area (Å²) in [6.07, 6.45) is 3.21. The molecule has 0 amide bonds. The van der Waals surface area contributed by atoms with E-state index in [2.05, 4.69) is 15.3 Å². The molecule has 0 aliphatic heterocycles. The Morgan fingerprint density at radius 2 is 1.64 bits per heavy atom. The first-order chi connectivity index (χ1) is 13.6. The Balaban J connectivity index is 1.68. The van der Waals surface area contributed by atoms with Crippen LogP contribution in [0.15, 0.2) is 60.9 Å². The molecule has 0 aliphatic carbocycles. The van der Waals surface area contributed by atoms with Crippen LogP contribution in [0.3, 0.4) is 0 Å². The summed E-state index contributed by atoms with van der Waals surface area (Å²) in [5.74, 6) is -0.504. The number of esters is 1. The maximum atomic E-state index is 12.8. The smallest absolute Gasteiger partial charge is 0.338 e. The molecule has 3 aromatic rings. The minimum absolute atomic E-state index is 0.0897. The van der Waals surface area contributed by atoms with Gasteiger partial charge in [-0.05, 0) is 30.3 Å². The van der Waals surface area contributed by atoms with Crippen molar-refractivity contribution in [2.75, 3.05) is 18.5 Å². The Hall–Kier alpha value is -2.96. The van der Waals surface area contributed by atoms with Crippen molar-refractivity contribution in [3.63, 3.8) is 0 Å². The predicted molar refractivity (Wildman–Crippen MR) is 107 cm³/mol. The van der Waals surface area contributed by atoms with Gasteiger partial charge in [-0.1, -0.05) is 41.4 Å². The Morgan fingerprint density at radius 3 is 2.36 bits per heavy atom. The molecule has 6 nitrogen and oxygen atoms in total. The highest BCUT2D eigenvalue weighted by Crippen LogP contribution is 2.25. The second-order valence-electron chi connectivity index (χ2n) is 5.64. The van der Waals surface area contributed by atoms with E-state index >= 15 is 0 Å². The SMILES string of the molecule is O=C(OCCNc1ncccn1)c1ccccc1C(=O)c1ccc(Cl)c(Cl)c1. The summed E-state index contributed by atoms with van der Waals surface area (Å²) in [6, 6.07) is 12.7. The topological polar surface area (TPSA) is 81.2 Å². The van der Waals surface area contributed by atoms with E-state index in [0.717, 1.165) is 0 Å². The second kappa shape index (κ2) is 9.30. The molecule has 0 bridgehead atoms. The monoisotopic (exact) mass is 415 g/mol. The van der Waals surface area contributed by atoms with Gasteiger partial charge in [-0.2, -0.15) is 0 Å². The lowest BCUT2D eigenvalue weighted by Crippen LogP contribution is -2.17. The summed E-state index contributed by atoms with van der Waals surface area (Å²) in [5, 5.41) is 3.55. The van der Waals surface area contributed by atoms with Gasteiger partial charge >= 0.3 is 5.97 Å². The molecule has 0 spiro atoms. The number of hydrogen-bond acceptors (Lipinski definition) is 6. The van der Waals surface area contributed by atoms with Crippen molar-refractivity contribution < 1.29 is 14.3 Å². The third kappa shape index (κ3) is 4.85. The first kappa shape index (κ1) is 19.8. The average Bonchev–Trinajstić information content (AvgIpc) is 2.73. The Kier molecular flexibility index (Phi) is 6.57. The third-order valence-corrected chi connectivity index (χ3v) is 4.50. The minimum atomic E-state index is -0.597. The van der Waals surface area contributed by atoms with E-state index in [-0.39, 0.29) is 28.5 Å². The lowest BCUT2D eigenvalue weighted by atomic mass is 9.98. The van der Waals surface area contributed by atoms with Crippen LogP contribution >= 0.6 is 23.2 Å². The lowest BCUT2D eigenvalue weighted by Gasteiger charge is -2.10. The van der Waals surface area contributed by atoms with E-state index in [1.165, 1.54) is 12.1 Å². The standard InChI is InChI=1S/C20H15Cl2N3O3/c21-16-7-6-13(12-17(16)22)18(26)14-4-1-2-5-15(14)19(27)28-11-10-25-20-23-8-3-9-24-20/h1-9,12H,10-11H2,(H,23,24,25). The van der Waals surface area contributed by atoms with E-state index in [9.17, 15) is 9.59 Å². The van der Waals surface area contributed by atoms with Crippen LogP contribution in [0, 0.1) is 0 Å². The van der Waals surface area contributed by atoms with E-state index < -0.39 is 5.97 Å².